The van der Waals surface area contributed by atoms with E-state index < -0.39 is 0 Å². The Morgan fingerprint density at radius 3 is 2.52 bits per heavy atom. The van der Waals surface area contributed by atoms with Gasteiger partial charge in [-0.2, -0.15) is 0 Å². The van der Waals surface area contributed by atoms with E-state index in [2.05, 4.69) is 50.7 Å². The molecule has 0 unspecified atom stereocenters. The molecule has 0 radical (unpaired) electrons. The third kappa shape index (κ3) is 10.8. The maximum Gasteiger partial charge on any atom is 0.226 e. The molecule has 0 aliphatic heterocycles. The number of anilines is 1. The fourth-order valence-corrected chi connectivity index (χ4v) is 2.24. The lowest BCUT2D eigenvalue weighted by molar-refractivity contribution is -0.116. The lowest BCUT2D eigenvalue weighted by Crippen LogP contribution is -2.39. The van der Waals surface area contributed by atoms with E-state index in [1.165, 1.54) is 0 Å². The van der Waals surface area contributed by atoms with Crippen LogP contribution in [0.15, 0.2) is 33.7 Å². The Kier molecular flexibility index (Phi) is 10.9. The van der Waals surface area contributed by atoms with Gasteiger partial charge >= 0.3 is 0 Å². The molecule has 0 spiro atoms. The average molecular weight is 413 g/mol. The van der Waals surface area contributed by atoms with Crippen LogP contribution in [-0.2, 0) is 9.53 Å². The van der Waals surface area contributed by atoms with Gasteiger partial charge in [-0.15, -0.1) is 0 Å². The van der Waals surface area contributed by atoms with Crippen molar-refractivity contribution >= 4 is 33.5 Å². The summed E-state index contributed by atoms with van der Waals surface area (Å²) in [5.74, 6) is 1.22. The van der Waals surface area contributed by atoms with Crippen LogP contribution in [-0.4, -0.2) is 45.2 Å². The van der Waals surface area contributed by atoms with Gasteiger partial charge in [0, 0.05) is 49.9 Å². The fourth-order valence-electron chi connectivity index (χ4n) is 1.97. The van der Waals surface area contributed by atoms with Crippen molar-refractivity contribution in [3.63, 3.8) is 0 Å². The minimum Gasteiger partial charge on any atom is -0.381 e. The number of carbonyl (C=O) groups is 1. The predicted octanol–water partition coefficient (Wildman–Crippen LogP) is 3.01. The smallest absolute Gasteiger partial charge is 0.226 e. The minimum absolute atomic E-state index is 0.0349. The molecule has 1 aromatic rings. The molecule has 25 heavy (non-hydrogen) atoms. The molecule has 1 amide bonds. The SMILES string of the molecule is CN=C(NCCCOCC(C)C)NCCC(=O)Nc1ccc(Br)cc1. The number of nitrogens with one attached hydrogen (secondary N) is 3. The van der Waals surface area contributed by atoms with Gasteiger partial charge in [0.2, 0.25) is 5.91 Å². The predicted molar refractivity (Wildman–Crippen MR) is 107 cm³/mol. The molecule has 0 fully saturated rings. The Balaban J connectivity index is 2.13. The van der Waals surface area contributed by atoms with E-state index in [0.717, 1.165) is 36.3 Å². The van der Waals surface area contributed by atoms with Crippen LogP contribution < -0.4 is 16.0 Å². The molecule has 0 bridgehead atoms. The largest absolute Gasteiger partial charge is 0.381 e. The summed E-state index contributed by atoms with van der Waals surface area (Å²) in [6.07, 6.45) is 1.28. The number of halogens is 1. The highest BCUT2D eigenvalue weighted by Gasteiger charge is 2.03. The van der Waals surface area contributed by atoms with Crippen LogP contribution in [0.1, 0.15) is 26.7 Å². The summed E-state index contributed by atoms with van der Waals surface area (Å²) in [6, 6.07) is 7.50. The molecule has 3 N–H and O–H groups in total. The zero-order valence-electron chi connectivity index (χ0n) is 15.3. The summed E-state index contributed by atoms with van der Waals surface area (Å²) < 4.78 is 6.51. The van der Waals surface area contributed by atoms with Gasteiger partial charge < -0.3 is 20.7 Å². The Hall–Kier alpha value is -1.60. The highest BCUT2D eigenvalue weighted by atomic mass is 79.9. The van der Waals surface area contributed by atoms with E-state index >= 15 is 0 Å². The monoisotopic (exact) mass is 412 g/mol. The topological polar surface area (TPSA) is 74.8 Å². The van der Waals surface area contributed by atoms with Crippen molar-refractivity contribution in [3.05, 3.63) is 28.7 Å². The van der Waals surface area contributed by atoms with E-state index in [9.17, 15) is 4.79 Å². The number of benzene rings is 1. The van der Waals surface area contributed by atoms with Gasteiger partial charge in [-0.25, -0.2) is 0 Å². The number of aliphatic imine (C=N–C) groups is 1. The Bertz CT molecular complexity index is 532. The fraction of sp³-hybridized carbons (Fsp3) is 0.556. The lowest BCUT2D eigenvalue weighted by atomic mass is 10.2. The maximum atomic E-state index is 11.9. The van der Waals surface area contributed by atoms with Gasteiger partial charge in [0.1, 0.15) is 0 Å². The van der Waals surface area contributed by atoms with Gasteiger partial charge in [0.15, 0.2) is 5.96 Å². The van der Waals surface area contributed by atoms with E-state index in [-0.39, 0.29) is 5.91 Å². The van der Waals surface area contributed by atoms with E-state index in [1.807, 2.05) is 24.3 Å². The third-order valence-corrected chi connectivity index (χ3v) is 3.73. The summed E-state index contributed by atoms with van der Waals surface area (Å²) in [4.78, 5) is 16.1. The Morgan fingerprint density at radius 2 is 1.88 bits per heavy atom. The molecule has 0 saturated heterocycles. The summed E-state index contributed by atoms with van der Waals surface area (Å²) >= 11 is 3.37. The van der Waals surface area contributed by atoms with Gasteiger partial charge in [-0.05, 0) is 36.6 Å². The molecular weight excluding hydrogens is 384 g/mol. The van der Waals surface area contributed by atoms with Crippen molar-refractivity contribution in [1.29, 1.82) is 0 Å². The van der Waals surface area contributed by atoms with Crippen LogP contribution in [0.3, 0.4) is 0 Å². The van der Waals surface area contributed by atoms with E-state index in [0.29, 0.717) is 24.8 Å². The molecule has 140 valence electrons. The molecular formula is C18H29BrN4O2. The third-order valence-electron chi connectivity index (χ3n) is 3.21. The molecule has 1 aromatic carbocycles. The van der Waals surface area contributed by atoms with Gasteiger partial charge in [0.25, 0.3) is 0 Å². The van der Waals surface area contributed by atoms with Crippen LogP contribution in [0.25, 0.3) is 0 Å². The number of hydrogen-bond acceptors (Lipinski definition) is 3. The number of carbonyl (C=O) groups excluding carboxylic acids is 1. The highest BCUT2D eigenvalue weighted by Crippen LogP contribution is 2.14. The molecule has 6 nitrogen and oxygen atoms in total. The first-order chi connectivity index (χ1) is 12.0. The molecule has 0 aliphatic rings. The summed E-state index contributed by atoms with van der Waals surface area (Å²) in [5, 5.41) is 9.20. The van der Waals surface area contributed by atoms with Crippen LogP contribution in [0.4, 0.5) is 5.69 Å². The first-order valence-corrected chi connectivity index (χ1v) is 9.38. The van der Waals surface area contributed by atoms with Crippen LogP contribution in [0.5, 0.6) is 0 Å². The van der Waals surface area contributed by atoms with Gasteiger partial charge in [-0.1, -0.05) is 29.8 Å². The minimum atomic E-state index is -0.0349. The molecule has 1 rings (SSSR count). The van der Waals surface area contributed by atoms with E-state index in [1.54, 1.807) is 7.05 Å². The lowest BCUT2D eigenvalue weighted by Gasteiger charge is -2.12. The first-order valence-electron chi connectivity index (χ1n) is 8.59. The maximum absolute atomic E-state index is 11.9. The van der Waals surface area contributed by atoms with Crippen molar-refractivity contribution in [3.8, 4) is 0 Å². The average Bonchev–Trinajstić information content (AvgIpc) is 2.58. The van der Waals surface area contributed by atoms with Crippen molar-refractivity contribution in [2.45, 2.75) is 26.7 Å². The van der Waals surface area contributed by atoms with Crippen molar-refractivity contribution in [2.75, 3.05) is 38.7 Å². The number of ether oxygens (including phenoxy) is 1. The second-order valence-electron chi connectivity index (χ2n) is 6.05. The Morgan fingerprint density at radius 1 is 1.20 bits per heavy atom. The second kappa shape index (κ2) is 12.7. The zero-order chi connectivity index (χ0) is 18.5. The Labute approximate surface area is 158 Å². The van der Waals surface area contributed by atoms with Gasteiger partial charge in [0.05, 0.1) is 0 Å². The van der Waals surface area contributed by atoms with Crippen molar-refractivity contribution in [1.82, 2.24) is 10.6 Å². The molecule has 0 aliphatic carbocycles. The zero-order valence-corrected chi connectivity index (χ0v) is 16.9. The van der Waals surface area contributed by atoms with Gasteiger partial charge in [-0.3, -0.25) is 9.79 Å². The quantitative estimate of drug-likeness (QED) is 0.313. The number of hydrogen-bond donors (Lipinski definition) is 3. The molecule has 7 heteroatoms. The molecule has 0 heterocycles. The van der Waals surface area contributed by atoms with Crippen LogP contribution >= 0.6 is 15.9 Å². The summed E-state index contributed by atoms with van der Waals surface area (Å²) in [7, 11) is 1.71. The molecule has 0 aromatic heterocycles. The summed E-state index contributed by atoms with van der Waals surface area (Å²) in [5.41, 5.74) is 0.789. The normalized spacial score (nSPS) is 11.5. The first kappa shape index (κ1) is 21.4. The van der Waals surface area contributed by atoms with Crippen LogP contribution in [0, 0.1) is 5.92 Å². The number of guanidine groups is 1. The van der Waals surface area contributed by atoms with Crippen molar-refractivity contribution < 1.29 is 9.53 Å². The molecule has 0 saturated carbocycles. The number of amides is 1. The van der Waals surface area contributed by atoms with E-state index in [4.69, 9.17) is 4.74 Å². The number of nitrogens with zero attached hydrogens (tertiary/aromatic N) is 1. The summed E-state index contributed by atoms with van der Waals surface area (Å²) in [6.45, 7) is 7.10. The standard InChI is InChI=1S/C18H29BrN4O2/c1-14(2)13-25-12-4-10-21-18(20-3)22-11-9-17(24)23-16-7-5-15(19)6-8-16/h5-8,14H,4,9-13H2,1-3H3,(H,23,24)(H2,20,21,22). The van der Waals surface area contributed by atoms with Crippen molar-refractivity contribution in [2.24, 2.45) is 10.9 Å². The second-order valence-corrected chi connectivity index (χ2v) is 6.97. The number of rotatable bonds is 10. The highest BCUT2D eigenvalue weighted by molar-refractivity contribution is 9.10. The van der Waals surface area contributed by atoms with Crippen LogP contribution in [0.2, 0.25) is 0 Å². The molecule has 0 atom stereocenters.